The summed E-state index contributed by atoms with van der Waals surface area (Å²) in [5.41, 5.74) is 8.34. The van der Waals surface area contributed by atoms with Gasteiger partial charge in [0.2, 0.25) is 5.91 Å². The fourth-order valence-corrected chi connectivity index (χ4v) is 3.27. The van der Waals surface area contributed by atoms with Crippen molar-refractivity contribution in [2.24, 2.45) is 0 Å². The topological polar surface area (TPSA) is 122 Å². The maximum absolute atomic E-state index is 11.7. The third-order valence-corrected chi connectivity index (χ3v) is 4.55. The lowest BCUT2D eigenvalue weighted by molar-refractivity contribution is -0.125. The Hall–Kier alpha value is -3.20. The predicted molar refractivity (Wildman–Crippen MR) is 102 cm³/mol. The first kappa shape index (κ1) is 17.2. The number of ether oxygens (including phenoxy) is 1. The minimum absolute atomic E-state index is 0.0571. The zero-order chi connectivity index (χ0) is 18.8. The lowest BCUT2D eigenvalue weighted by Gasteiger charge is -2.18. The number of fused-ring (bicyclic) bond motifs is 1. The van der Waals surface area contributed by atoms with Crippen LogP contribution in [-0.2, 0) is 9.53 Å². The van der Waals surface area contributed by atoms with Gasteiger partial charge in [0.1, 0.15) is 12.4 Å². The molecule has 1 amide bonds. The lowest BCUT2D eigenvalue weighted by atomic mass is 10.2. The fourth-order valence-electron chi connectivity index (χ4n) is 3.27. The van der Waals surface area contributed by atoms with Crippen LogP contribution in [0.2, 0.25) is 0 Å². The molecule has 4 rings (SSSR count). The molecule has 0 spiro atoms. The Kier molecular flexibility index (Phi) is 4.59. The van der Waals surface area contributed by atoms with Gasteiger partial charge in [0, 0.05) is 26.2 Å². The maximum Gasteiger partial charge on any atom is 0.246 e. The van der Waals surface area contributed by atoms with E-state index in [-0.39, 0.29) is 18.6 Å². The van der Waals surface area contributed by atoms with Crippen molar-refractivity contribution in [1.29, 1.82) is 0 Å². The largest absolute Gasteiger partial charge is 0.382 e. The number of carbonyl (C=O) groups excluding carboxylic acids is 1. The SMILES string of the molecule is COCC(=O)NC1CCN(c2cnc(N)c(-c3nc4ccccc4[nH]3)n2)C1. The Balaban J connectivity index is 1.55. The summed E-state index contributed by atoms with van der Waals surface area (Å²) < 4.78 is 4.86. The van der Waals surface area contributed by atoms with Crippen molar-refractivity contribution in [2.75, 3.05) is 37.4 Å². The first-order valence-electron chi connectivity index (χ1n) is 8.75. The van der Waals surface area contributed by atoms with Crippen LogP contribution in [0.15, 0.2) is 30.5 Å². The molecule has 9 heteroatoms. The van der Waals surface area contributed by atoms with Gasteiger partial charge in [0.25, 0.3) is 0 Å². The van der Waals surface area contributed by atoms with Crippen LogP contribution in [0.25, 0.3) is 22.6 Å². The molecule has 1 unspecified atom stereocenters. The summed E-state index contributed by atoms with van der Waals surface area (Å²) >= 11 is 0. The highest BCUT2D eigenvalue weighted by atomic mass is 16.5. The third kappa shape index (κ3) is 3.54. The summed E-state index contributed by atoms with van der Waals surface area (Å²) in [5, 5.41) is 2.96. The number of nitrogens with one attached hydrogen (secondary N) is 2. The van der Waals surface area contributed by atoms with E-state index in [2.05, 4.69) is 30.2 Å². The first-order chi connectivity index (χ1) is 13.1. The van der Waals surface area contributed by atoms with Crippen molar-refractivity contribution in [2.45, 2.75) is 12.5 Å². The number of nitrogens with zero attached hydrogens (tertiary/aromatic N) is 4. The van der Waals surface area contributed by atoms with Crippen LogP contribution in [0, 0.1) is 0 Å². The molecule has 9 nitrogen and oxygen atoms in total. The van der Waals surface area contributed by atoms with Gasteiger partial charge in [-0.05, 0) is 18.6 Å². The van der Waals surface area contributed by atoms with Crippen molar-refractivity contribution >= 4 is 28.6 Å². The van der Waals surface area contributed by atoms with E-state index < -0.39 is 0 Å². The number of amides is 1. The number of nitrogens with two attached hydrogens (primary N) is 1. The molecule has 1 aliphatic rings. The normalized spacial score (nSPS) is 16.8. The van der Waals surface area contributed by atoms with Gasteiger partial charge in [-0.1, -0.05) is 12.1 Å². The number of para-hydroxylation sites is 2. The molecule has 2 aromatic heterocycles. The monoisotopic (exact) mass is 367 g/mol. The maximum atomic E-state index is 11.7. The number of imidazole rings is 1. The van der Waals surface area contributed by atoms with E-state index in [1.54, 1.807) is 6.20 Å². The molecule has 1 fully saturated rings. The van der Waals surface area contributed by atoms with E-state index in [1.165, 1.54) is 7.11 Å². The third-order valence-electron chi connectivity index (χ3n) is 4.55. The summed E-state index contributed by atoms with van der Waals surface area (Å²) in [5.74, 6) is 1.51. The molecular formula is C18H21N7O2. The molecule has 3 aromatic rings. The zero-order valence-corrected chi connectivity index (χ0v) is 15.0. The second-order valence-corrected chi connectivity index (χ2v) is 6.50. The number of rotatable bonds is 5. The molecule has 1 saturated heterocycles. The number of carbonyl (C=O) groups is 1. The van der Waals surface area contributed by atoms with Crippen LogP contribution in [0.1, 0.15) is 6.42 Å². The molecule has 1 aliphatic heterocycles. The molecule has 0 bridgehead atoms. The van der Waals surface area contributed by atoms with Crippen LogP contribution < -0.4 is 16.0 Å². The van der Waals surface area contributed by atoms with Gasteiger partial charge >= 0.3 is 0 Å². The highest BCUT2D eigenvalue weighted by Gasteiger charge is 2.26. The molecule has 3 heterocycles. The second-order valence-electron chi connectivity index (χ2n) is 6.50. The Bertz CT molecular complexity index is 938. The zero-order valence-electron chi connectivity index (χ0n) is 15.0. The molecule has 0 radical (unpaired) electrons. The van der Waals surface area contributed by atoms with Gasteiger partial charge in [-0.2, -0.15) is 0 Å². The molecule has 4 N–H and O–H groups in total. The highest BCUT2D eigenvalue weighted by Crippen LogP contribution is 2.26. The Labute approximate surface area is 156 Å². The molecule has 0 aliphatic carbocycles. The number of aromatic nitrogens is 4. The summed E-state index contributed by atoms with van der Waals surface area (Å²) in [6, 6.07) is 7.81. The van der Waals surface area contributed by atoms with E-state index in [0.29, 0.717) is 29.7 Å². The number of H-pyrrole nitrogens is 1. The van der Waals surface area contributed by atoms with Crippen LogP contribution in [-0.4, -0.2) is 58.7 Å². The fraction of sp³-hybridized carbons (Fsp3) is 0.333. The van der Waals surface area contributed by atoms with Gasteiger partial charge in [0.05, 0.1) is 17.2 Å². The van der Waals surface area contributed by atoms with E-state index in [1.807, 2.05) is 24.3 Å². The number of methoxy groups -OCH3 is 1. The van der Waals surface area contributed by atoms with Crippen molar-refractivity contribution in [1.82, 2.24) is 25.3 Å². The minimum Gasteiger partial charge on any atom is -0.382 e. The highest BCUT2D eigenvalue weighted by molar-refractivity contribution is 5.80. The smallest absolute Gasteiger partial charge is 0.246 e. The van der Waals surface area contributed by atoms with E-state index in [9.17, 15) is 4.79 Å². The van der Waals surface area contributed by atoms with Crippen LogP contribution in [0.3, 0.4) is 0 Å². The van der Waals surface area contributed by atoms with Crippen molar-refractivity contribution in [3.8, 4) is 11.5 Å². The molecule has 140 valence electrons. The van der Waals surface area contributed by atoms with Gasteiger partial charge in [0.15, 0.2) is 17.3 Å². The number of benzene rings is 1. The standard InChI is InChI=1S/C18H21N7O2/c1-27-10-15(26)21-11-6-7-25(9-11)14-8-20-17(19)16(24-14)18-22-12-4-2-3-5-13(12)23-18/h2-5,8,11H,6-7,9-10H2,1H3,(H2,19,20)(H,21,26)(H,22,23). The number of anilines is 2. The average molecular weight is 367 g/mol. The summed E-state index contributed by atoms with van der Waals surface area (Å²) in [7, 11) is 1.50. The second kappa shape index (κ2) is 7.20. The summed E-state index contributed by atoms with van der Waals surface area (Å²) in [4.78, 5) is 30.5. The quantitative estimate of drug-likeness (QED) is 0.613. The van der Waals surface area contributed by atoms with Crippen molar-refractivity contribution < 1.29 is 9.53 Å². The van der Waals surface area contributed by atoms with Gasteiger partial charge in [-0.3, -0.25) is 4.79 Å². The number of hydrogen-bond acceptors (Lipinski definition) is 7. The first-order valence-corrected chi connectivity index (χ1v) is 8.75. The Morgan fingerprint density at radius 1 is 1.41 bits per heavy atom. The van der Waals surface area contributed by atoms with Crippen LogP contribution in [0.5, 0.6) is 0 Å². The summed E-state index contributed by atoms with van der Waals surface area (Å²) in [6.07, 6.45) is 2.49. The van der Waals surface area contributed by atoms with E-state index >= 15 is 0 Å². The van der Waals surface area contributed by atoms with Crippen molar-refractivity contribution in [3.63, 3.8) is 0 Å². The molecule has 0 saturated carbocycles. The van der Waals surface area contributed by atoms with E-state index in [4.69, 9.17) is 10.5 Å². The number of hydrogen-bond donors (Lipinski definition) is 3. The van der Waals surface area contributed by atoms with Gasteiger partial charge < -0.3 is 25.7 Å². The molecule has 27 heavy (non-hydrogen) atoms. The number of aromatic amines is 1. The number of nitrogen functional groups attached to an aromatic ring is 1. The minimum atomic E-state index is -0.115. The molecule has 1 aromatic carbocycles. The lowest BCUT2D eigenvalue weighted by Crippen LogP contribution is -2.39. The Morgan fingerprint density at radius 3 is 3.07 bits per heavy atom. The van der Waals surface area contributed by atoms with Gasteiger partial charge in [-0.15, -0.1) is 0 Å². The van der Waals surface area contributed by atoms with Crippen LogP contribution >= 0.6 is 0 Å². The Morgan fingerprint density at radius 2 is 2.26 bits per heavy atom. The van der Waals surface area contributed by atoms with E-state index in [0.717, 1.165) is 24.0 Å². The summed E-state index contributed by atoms with van der Waals surface area (Å²) in [6.45, 7) is 1.50. The molecular weight excluding hydrogens is 346 g/mol. The van der Waals surface area contributed by atoms with Crippen molar-refractivity contribution in [3.05, 3.63) is 30.5 Å². The molecule has 1 atom stereocenters. The predicted octanol–water partition coefficient (Wildman–Crippen LogP) is 0.943. The van der Waals surface area contributed by atoms with Gasteiger partial charge in [-0.25, -0.2) is 15.0 Å². The van der Waals surface area contributed by atoms with Crippen LogP contribution in [0.4, 0.5) is 11.6 Å². The average Bonchev–Trinajstić information content (AvgIpc) is 3.29.